The third kappa shape index (κ3) is 3.33. The summed E-state index contributed by atoms with van der Waals surface area (Å²) in [5.41, 5.74) is 0.912. The van der Waals surface area contributed by atoms with Crippen molar-refractivity contribution in [2.45, 2.75) is 6.42 Å². The number of nitrogens with zero attached hydrogens (tertiary/aromatic N) is 1. The van der Waals surface area contributed by atoms with Crippen LogP contribution in [0.3, 0.4) is 0 Å². The average Bonchev–Trinajstić information content (AvgIpc) is 2.92. The van der Waals surface area contributed by atoms with Crippen molar-refractivity contribution in [1.29, 1.82) is 0 Å². The lowest BCUT2D eigenvalue weighted by Gasteiger charge is -2.17. The highest BCUT2D eigenvalue weighted by Gasteiger charge is 2.35. The predicted molar refractivity (Wildman–Crippen MR) is 88.6 cm³/mol. The van der Waals surface area contributed by atoms with Gasteiger partial charge in [0.05, 0.1) is 10.9 Å². The molecule has 2 N–H and O–H groups in total. The first-order valence-corrected chi connectivity index (χ1v) is 7.67. The Morgan fingerprint density at radius 1 is 1.29 bits per heavy atom. The maximum atomic E-state index is 13.2. The zero-order valence-corrected chi connectivity index (χ0v) is 13.3. The van der Waals surface area contributed by atoms with E-state index in [1.165, 1.54) is 35.2 Å². The number of benzene rings is 2. The number of amides is 2. The molecule has 0 bridgehead atoms. The summed E-state index contributed by atoms with van der Waals surface area (Å²) in [6.07, 6.45) is 0.0552. The summed E-state index contributed by atoms with van der Waals surface area (Å²) in [4.78, 5) is 25.9. The van der Waals surface area contributed by atoms with Crippen LogP contribution in [-0.2, 0) is 9.59 Å². The summed E-state index contributed by atoms with van der Waals surface area (Å²) in [5.74, 6) is -1.61. The molecule has 0 spiro atoms. The lowest BCUT2D eigenvalue weighted by atomic mass is 10.1. The van der Waals surface area contributed by atoms with E-state index in [-0.39, 0.29) is 35.6 Å². The third-order valence-corrected chi connectivity index (χ3v) is 4.11. The Labute approximate surface area is 142 Å². The van der Waals surface area contributed by atoms with Gasteiger partial charge >= 0.3 is 0 Å². The summed E-state index contributed by atoms with van der Waals surface area (Å²) in [7, 11) is 0. The molecule has 7 heteroatoms. The van der Waals surface area contributed by atoms with Crippen molar-refractivity contribution in [2.75, 3.05) is 16.8 Å². The van der Waals surface area contributed by atoms with E-state index in [0.29, 0.717) is 11.4 Å². The van der Waals surface area contributed by atoms with E-state index in [1.54, 1.807) is 12.1 Å². The normalized spacial score (nSPS) is 17.2. The van der Waals surface area contributed by atoms with Crippen LogP contribution in [-0.4, -0.2) is 23.5 Å². The minimum Gasteiger partial charge on any atom is -0.508 e. The molecule has 2 aromatic carbocycles. The lowest BCUT2D eigenvalue weighted by Crippen LogP contribution is -2.28. The van der Waals surface area contributed by atoms with Crippen LogP contribution in [0, 0.1) is 11.7 Å². The van der Waals surface area contributed by atoms with Gasteiger partial charge in [-0.05, 0) is 30.3 Å². The summed E-state index contributed by atoms with van der Waals surface area (Å²) in [5, 5.41) is 12.0. The number of aromatic hydroxyl groups is 1. The van der Waals surface area contributed by atoms with E-state index in [0.717, 1.165) is 0 Å². The molecule has 1 heterocycles. The molecule has 2 amide bonds. The minimum atomic E-state index is -0.565. The highest BCUT2D eigenvalue weighted by atomic mass is 35.5. The van der Waals surface area contributed by atoms with Gasteiger partial charge in [-0.3, -0.25) is 9.59 Å². The molecule has 1 atom stereocenters. The van der Waals surface area contributed by atoms with E-state index < -0.39 is 11.7 Å². The summed E-state index contributed by atoms with van der Waals surface area (Å²) >= 11 is 5.75. The molecule has 3 rings (SSSR count). The van der Waals surface area contributed by atoms with E-state index in [2.05, 4.69) is 5.32 Å². The molecule has 0 radical (unpaired) electrons. The van der Waals surface area contributed by atoms with Crippen molar-refractivity contribution in [3.63, 3.8) is 0 Å². The van der Waals surface area contributed by atoms with Gasteiger partial charge in [-0.25, -0.2) is 4.39 Å². The van der Waals surface area contributed by atoms with Gasteiger partial charge in [0, 0.05) is 30.4 Å². The van der Waals surface area contributed by atoms with E-state index in [4.69, 9.17) is 11.6 Å². The maximum Gasteiger partial charge on any atom is 0.229 e. The van der Waals surface area contributed by atoms with Crippen LogP contribution in [0.2, 0.25) is 5.02 Å². The van der Waals surface area contributed by atoms with Crippen LogP contribution in [0.5, 0.6) is 5.75 Å². The quantitative estimate of drug-likeness (QED) is 0.895. The summed E-state index contributed by atoms with van der Waals surface area (Å²) in [6, 6.07) is 10.2. The molecule has 1 fully saturated rings. The first kappa shape index (κ1) is 16.3. The second-order valence-corrected chi connectivity index (χ2v) is 5.95. The average molecular weight is 349 g/mol. The van der Waals surface area contributed by atoms with Crippen molar-refractivity contribution in [3.05, 3.63) is 53.3 Å². The Morgan fingerprint density at radius 3 is 2.79 bits per heavy atom. The number of phenols is 1. The molecule has 24 heavy (non-hydrogen) atoms. The Bertz CT molecular complexity index is 812. The van der Waals surface area contributed by atoms with Crippen molar-refractivity contribution in [1.82, 2.24) is 0 Å². The molecule has 1 saturated heterocycles. The van der Waals surface area contributed by atoms with Crippen LogP contribution in [0.15, 0.2) is 42.5 Å². The zero-order chi connectivity index (χ0) is 17.3. The molecule has 0 saturated carbocycles. The van der Waals surface area contributed by atoms with Crippen LogP contribution in [0.1, 0.15) is 6.42 Å². The number of hydrogen-bond acceptors (Lipinski definition) is 3. The fourth-order valence-electron chi connectivity index (χ4n) is 2.61. The maximum absolute atomic E-state index is 13.2. The molecule has 2 aromatic rings. The Morgan fingerprint density at radius 2 is 2.08 bits per heavy atom. The van der Waals surface area contributed by atoms with E-state index >= 15 is 0 Å². The first-order valence-electron chi connectivity index (χ1n) is 7.29. The number of nitrogens with one attached hydrogen (secondary N) is 1. The Hall–Kier alpha value is -2.60. The summed E-state index contributed by atoms with van der Waals surface area (Å²) in [6.45, 7) is 0.186. The van der Waals surface area contributed by atoms with Gasteiger partial charge in [-0.2, -0.15) is 0 Å². The van der Waals surface area contributed by atoms with Crippen molar-refractivity contribution < 1.29 is 19.1 Å². The number of carbonyl (C=O) groups excluding carboxylic acids is 2. The van der Waals surface area contributed by atoms with E-state index in [1.807, 2.05) is 0 Å². The molecule has 5 nitrogen and oxygen atoms in total. The fourth-order valence-corrected chi connectivity index (χ4v) is 2.79. The first-order chi connectivity index (χ1) is 11.4. The highest BCUT2D eigenvalue weighted by molar-refractivity contribution is 6.31. The number of halogens is 2. The monoisotopic (exact) mass is 348 g/mol. The second-order valence-electron chi connectivity index (χ2n) is 5.54. The van der Waals surface area contributed by atoms with Crippen molar-refractivity contribution in [3.8, 4) is 5.75 Å². The minimum absolute atomic E-state index is 0.0397. The number of anilines is 2. The molecule has 124 valence electrons. The van der Waals surface area contributed by atoms with Crippen molar-refractivity contribution >= 4 is 34.8 Å². The van der Waals surface area contributed by atoms with Gasteiger partial charge in [-0.1, -0.05) is 17.7 Å². The molecule has 1 aliphatic heterocycles. The van der Waals surface area contributed by atoms with Crippen LogP contribution < -0.4 is 10.2 Å². The van der Waals surface area contributed by atoms with Gasteiger partial charge in [-0.15, -0.1) is 0 Å². The number of phenolic OH excluding ortho intramolecular Hbond substituents is 1. The SMILES string of the molecule is O=C(Nc1cccc(O)c1)[C@H]1CC(=O)N(c2ccc(F)c(Cl)c2)C1. The van der Waals surface area contributed by atoms with Gasteiger partial charge in [0.15, 0.2) is 0 Å². The molecular formula is C17H14ClFN2O3. The topological polar surface area (TPSA) is 69.6 Å². The molecule has 1 aliphatic rings. The third-order valence-electron chi connectivity index (χ3n) is 3.82. The standard InChI is InChI=1S/C17H14ClFN2O3/c18-14-8-12(4-5-15(14)19)21-9-10(6-16(21)23)17(24)20-11-2-1-3-13(22)7-11/h1-5,7-8,10,22H,6,9H2,(H,20,24)/t10-/m0/s1. The molecular weight excluding hydrogens is 335 g/mol. The molecule has 0 aromatic heterocycles. The second kappa shape index (κ2) is 6.49. The fraction of sp³-hybridized carbons (Fsp3) is 0.176. The summed E-state index contributed by atoms with van der Waals surface area (Å²) < 4.78 is 13.2. The Kier molecular flexibility index (Phi) is 4.40. The number of carbonyl (C=O) groups is 2. The predicted octanol–water partition coefficient (Wildman–Crippen LogP) is 3.18. The molecule has 0 unspecified atom stereocenters. The lowest BCUT2D eigenvalue weighted by molar-refractivity contribution is -0.122. The van der Waals surface area contributed by atoms with E-state index in [9.17, 15) is 19.1 Å². The largest absolute Gasteiger partial charge is 0.508 e. The Balaban J connectivity index is 1.72. The number of rotatable bonds is 3. The van der Waals surface area contributed by atoms with Gasteiger partial charge < -0.3 is 15.3 Å². The zero-order valence-electron chi connectivity index (χ0n) is 12.5. The van der Waals surface area contributed by atoms with Gasteiger partial charge in [0.25, 0.3) is 0 Å². The number of hydrogen-bond donors (Lipinski definition) is 2. The van der Waals surface area contributed by atoms with Crippen LogP contribution >= 0.6 is 11.6 Å². The smallest absolute Gasteiger partial charge is 0.229 e. The van der Waals surface area contributed by atoms with Crippen LogP contribution in [0.4, 0.5) is 15.8 Å². The van der Waals surface area contributed by atoms with Gasteiger partial charge in [0.1, 0.15) is 11.6 Å². The van der Waals surface area contributed by atoms with Crippen LogP contribution in [0.25, 0.3) is 0 Å². The molecule has 0 aliphatic carbocycles. The van der Waals surface area contributed by atoms with Crippen molar-refractivity contribution in [2.24, 2.45) is 5.92 Å². The highest BCUT2D eigenvalue weighted by Crippen LogP contribution is 2.29. The van der Waals surface area contributed by atoms with Gasteiger partial charge in [0.2, 0.25) is 11.8 Å².